The van der Waals surface area contributed by atoms with Crippen LogP contribution in [-0.2, 0) is 6.61 Å². The molecule has 2 atom stereocenters. The van der Waals surface area contributed by atoms with E-state index < -0.39 is 5.54 Å². The maximum Gasteiger partial charge on any atom is 0.161 e. The Morgan fingerprint density at radius 2 is 2.14 bits per heavy atom. The lowest BCUT2D eigenvalue weighted by atomic mass is 9.96. The molecule has 2 unspecified atom stereocenters. The lowest BCUT2D eigenvalue weighted by Crippen LogP contribution is -2.44. The van der Waals surface area contributed by atoms with Crippen LogP contribution in [0.4, 0.5) is 0 Å². The van der Waals surface area contributed by atoms with Crippen molar-refractivity contribution in [2.45, 2.75) is 45.4 Å². The highest BCUT2D eigenvalue weighted by atomic mass is 16.5. The van der Waals surface area contributed by atoms with Crippen molar-refractivity contribution in [3.63, 3.8) is 0 Å². The molecule has 1 aromatic rings. The summed E-state index contributed by atoms with van der Waals surface area (Å²) < 4.78 is 11.2. The second kappa shape index (κ2) is 7.87. The number of aliphatic hydroxyl groups excluding tert-OH is 1. The van der Waals surface area contributed by atoms with Gasteiger partial charge in [-0.1, -0.05) is 13.0 Å². The molecular formula is C16H24N2O3. The second-order valence-electron chi connectivity index (χ2n) is 5.25. The first-order chi connectivity index (χ1) is 9.97. The first-order valence-corrected chi connectivity index (χ1v) is 7.08. The minimum absolute atomic E-state index is 0.0425. The third-order valence-corrected chi connectivity index (χ3v) is 3.25. The van der Waals surface area contributed by atoms with Crippen LogP contribution in [0.1, 0.15) is 32.8 Å². The molecule has 0 aliphatic rings. The molecule has 0 spiro atoms. The fraction of sp³-hybridized carbons (Fsp3) is 0.562. The van der Waals surface area contributed by atoms with E-state index in [0.717, 1.165) is 12.1 Å². The summed E-state index contributed by atoms with van der Waals surface area (Å²) in [5, 5.41) is 21.6. The third-order valence-electron chi connectivity index (χ3n) is 3.25. The molecule has 1 rings (SSSR count). The van der Waals surface area contributed by atoms with Gasteiger partial charge in [-0.25, -0.2) is 0 Å². The topological polar surface area (TPSA) is 74.5 Å². The van der Waals surface area contributed by atoms with Crippen LogP contribution in [0.25, 0.3) is 0 Å². The van der Waals surface area contributed by atoms with Crippen LogP contribution in [0.15, 0.2) is 18.2 Å². The third kappa shape index (κ3) is 4.92. The number of aliphatic hydroxyl groups is 1. The van der Waals surface area contributed by atoms with Gasteiger partial charge in [0.1, 0.15) is 5.54 Å². The number of nitrogens with one attached hydrogen (secondary N) is 1. The average Bonchev–Trinajstić information content (AvgIpc) is 2.47. The van der Waals surface area contributed by atoms with Crippen molar-refractivity contribution in [3.05, 3.63) is 23.8 Å². The van der Waals surface area contributed by atoms with Crippen molar-refractivity contribution in [1.82, 2.24) is 5.32 Å². The normalized spacial score (nSPS) is 14.9. The Morgan fingerprint density at radius 3 is 2.67 bits per heavy atom. The van der Waals surface area contributed by atoms with E-state index in [0.29, 0.717) is 17.9 Å². The summed E-state index contributed by atoms with van der Waals surface area (Å²) in [6.45, 7) is 6.44. The molecule has 0 saturated carbocycles. The number of hydrogen-bond donors (Lipinski definition) is 2. The summed E-state index contributed by atoms with van der Waals surface area (Å²) >= 11 is 0. The Balaban J connectivity index is 2.79. The molecule has 0 saturated heterocycles. The predicted molar refractivity (Wildman–Crippen MR) is 81.3 cm³/mol. The van der Waals surface area contributed by atoms with Gasteiger partial charge in [-0.2, -0.15) is 5.26 Å². The van der Waals surface area contributed by atoms with Gasteiger partial charge in [-0.3, -0.25) is 5.32 Å². The Bertz CT molecular complexity index is 499. The van der Waals surface area contributed by atoms with E-state index in [9.17, 15) is 5.26 Å². The number of hydrogen-bond acceptors (Lipinski definition) is 5. The number of methoxy groups -OCH3 is 1. The summed E-state index contributed by atoms with van der Waals surface area (Å²) in [6.07, 6.45) is 0.407. The largest absolute Gasteiger partial charge is 0.493 e. The molecule has 116 valence electrons. The standard InChI is InChI=1S/C16H24N2O3/c1-5-18-16(3,11-17)9-12(2)21-14-7-6-13(10-19)8-15(14)20-4/h6-8,12,18-19H,5,9-10H2,1-4H3. The second-order valence-corrected chi connectivity index (χ2v) is 5.25. The molecule has 5 nitrogen and oxygen atoms in total. The molecule has 2 N–H and O–H groups in total. The molecule has 1 aromatic carbocycles. The summed E-state index contributed by atoms with van der Waals surface area (Å²) in [6, 6.07) is 7.60. The van der Waals surface area contributed by atoms with E-state index in [1.807, 2.05) is 20.8 Å². The maximum atomic E-state index is 9.28. The van der Waals surface area contributed by atoms with Gasteiger partial charge in [0.05, 0.1) is 25.9 Å². The van der Waals surface area contributed by atoms with Gasteiger partial charge in [0.15, 0.2) is 11.5 Å². The van der Waals surface area contributed by atoms with Crippen molar-refractivity contribution in [2.24, 2.45) is 0 Å². The van der Waals surface area contributed by atoms with E-state index in [1.54, 1.807) is 25.3 Å². The molecule has 21 heavy (non-hydrogen) atoms. The lowest BCUT2D eigenvalue weighted by Gasteiger charge is -2.27. The fourth-order valence-electron chi connectivity index (χ4n) is 2.29. The SMILES string of the molecule is CCNC(C)(C#N)CC(C)Oc1ccc(CO)cc1OC. The van der Waals surface area contributed by atoms with Gasteiger partial charge in [0, 0.05) is 6.42 Å². The van der Waals surface area contributed by atoms with E-state index in [2.05, 4.69) is 11.4 Å². The highest BCUT2D eigenvalue weighted by Crippen LogP contribution is 2.30. The molecule has 0 aliphatic carbocycles. The molecular weight excluding hydrogens is 268 g/mol. The van der Waals surface area contributed by atoms with Crippen LogP contribution in [-0.4, -0.2) is 30.4 Å². The zero-order chi connectivity index (χ0) is 15.9. The van der Waals surface area contributed by atoms with Crippen molar-refractivity contribution < 1.29 is 14.6 Å². The minimum atomic E-state index is -0.619. The van der Waals surface area contributed by atoms with Crippen LogP contribution in [0, 0.1) is 11.3 Å². The average molecular weight is 292 g/mol. The Labute approximate surface area is 126 Å². The van der Waals surface area contributed by atoms with E-state index in [4.69, 9.17) is 14.6 Å². The van der Waals surface area contributed by atoms with Gasteiger partial charge in [-0.05, 0) is 38.1 Å². The first kappa shape index (κ1) is 17.3. The zero-order valence-electron chi connectivity index (χ0n) is 13.1. The van der Waals surface area contributed by atoms with Gasteiger partial charge in [0.2, 0.25) is 0 Å². The van der Waals surface area contributed by atoms with E-state index >= 15 is 0 Å². The van der Waals surface area contributed by atoms with Gasteiger partial charge in [-0.15, -0.1) is 0 Å². The van der Waals surface area contributed by atoms with E-state index in [1.165, 1.54) is 0 Å². The molecule has 5 heteroatoms. The minimum Gasteiger partial charge on any atom is -0.493 e. The Kier molecular flexibility index (Phi) is 6.47. The quantitative estimate of drug-likeness (QED) is 0.768. The Hall–Kier alpha value is -1.77. The summed E-state index contributed by atoms with van der Waals surface area (Å²) in [4.78, 5) is 0. The molecule has 0 radical (unpaired) electrons. The van der Waals surface area contributed by atoms with Crippen molar-refractivity contribution in [3.8, 4) is 17.6 Å². The first-order valence-electron chi connectivity index (χ1n) is 7.08. The van der Waals surface area contributed by atoms with Crippen molar-refractivity contribution in [1.29, 1.82) is 5.26 Å². The van der Waals surface area contributed by atoms with Crippen LogP contribution in [0.3, 0.4) is 0 Å². The number of ether oxygens (including phenoxy) is 2. The maximum absolute atomic E-state index is 9.28. The summed E-state index contributed by atoms with van der Waals surface area (Å²) in [5.74, 6) is 1.19. The van der Waals surface area contributed by atoms with E-state index in [-0.39, 0.29) is 12.7 Å². The van der Waals surface area contributed by atoms with Gasteiger partial charge in [0.25, 0.3) is 0 Å². The molecule has 0 aliphatic heterocycles. The number of benzene rings is 1. The summed E-state index contributed by atoms with van der Waals surface area (Å²) in [5.41, 5.74) is 0.147. The molecule has 0 amide bonds. The zero-order valence-corrected chi connectivity index (χ0v) is 13.1. The van der Waals surface area contributed by atoms with Gasteiger partial charge >= 0.3 is 0 Å². The predicted octanol–water partition coefficient (Wildman–Crippen LogP) is 2.24. The highest BCUT2D eigenvalue weighted by molar-refractivity contribution is 5.42. The van der Waals surface area contributed by atoms with Crippen molar-refractivity contribution in [2.75, 3.05) is 13.7 Å². The molecule has 0 fully saturated rings. The van der Waals surface area contributed by atoms with Crippen LogP contribution >= 0.6 is 0 Å². The lowest BCUT2D eigenvalue weighted by molar-refractivity contribution is 0.174. The van der Waals surface area contributed by atoms with Crippen LogP contribution < -0.4 is 14.8 Å². The molecule has 0 aromatic heterocycles. The number of nitrogens with zero attached hydrogens (tertiary/aromatic N) is 1. The smallest absolute Gasteiger partial charge is 0.161 e. The van der Waals surface area contributed by atoms with Gasteiger partial charge < -0.3 is 14.6 Å². The van der Waals surface area contributed by atoms with Crippen molar-refractivity contribution >= 4 is 0 Å². The monoisotopic (exact) mass is 292 g/mol. The highest BCUT2D eigenvalue weighted by Gasteiger charge is 2.26. The Morgan fingerprint density at radius 1 is 1.43 bits per heavy atom. The number of nitriles is 1. The fourth-order valence-corrected chi connectivity index (χ4v) is 2.29. The van der Waals surface area contributed by atoms with Crippen LogP contribution in [0.2, 0.25) is 0 Å². The number of rotatable bonds is 8. The summed E-state index contributed by atoms with van der Waals surface area (Å²) in [7, 11) is 1.56. The van der Waals surface area contributed by atoms with Crippen LogP contribution in [0.5, 0.6) is 11.5 Å². The molecule has 0 bridgehead atoms. The molecule has 0 heterocycles.